The molecule has 2 heteroatoms. The van der Waals surface area contributed by atoms with Gasteiger partial charge in [-0.05, 0) is 24.1 Å². The van der Waals surface area contributed by atoms with Crippen molar-refractivity contribution in [1.29, 1.82) is 0 Å². The zero-order chi connectivity index (χ0) is 11.3. The molecule has 2 atom stereocenters. The smallest absolute Gasteiger partial charge is 0.118 e. The first-order chi connectivity index (χ1) is 7.19. The summed E-state index contributed by atoms with van der Waals surface area (Å²) in [5, 5.41) is 9.87. The Kier molecular flexibility index (Phi) is 4.63. The monoisotopic (exact) mass is 208 g/mol. The summed E-state index contributed by atoms with van der Waals surface area (Å²) < 4.78 is 5.09. The predicted molar refractivity (Wildman–Crippen MR) is 62.3 cm³/mol. The molecule has 15 heavy (non-hydrogen) atoms. The molecule has 2 nitrogen and oxygen atoms in total. The topological polar surface area (TPSA) is 29.5 Å². The molecule has 0 saturated carbocycles. The molecule has 0 saturated heterocycles. The zero-order valence-corrected chi connectivity index (χ0v) is 9.73. The molecule has 0 aromatic heterocycles. The molecular weight excluding hydrogens is 188 g/mol. The van der Waals surface area contributed by atoms with Crippen LogP contribution in [-0.2, 0) is 0 Å². The van der Waals surface area contributed by atoms with Gasteiger partial charge in [0.2, 0.25) is 0 Å². The van der Waals surface area contributed by atoms with Crippen molar-refractivity contribution in [3.63, 3.8) is 0 Å². The summed E-state index contributed by atoms with van der Waals surface area (Å²) in [6, 6.07) is 7.90. The highest BCUT2D eigenvalue weighted by Gasteiger charge is 2.14. The number of aliphatic hydroxyl groups is 1. The maximum Gasteiger partial charge on any atom is 0.118 e. The minimum Gasteiger partial charge on any atom is -0.497 e. The van der Waals surface area contributed by atoms with E-state index in [1.165, 1.54) is 0 Å². The third kappa shape index (κ3) is 3.24. The van der Waals surface area contributed by atoms with Crippen LogP contribution in [0.15, 0.2) is 24.3 Å². The fraction of sp³-hybridized carbons (Fsp3) is 0.538. The van der Waals surface area contributed by atoms with Crippen molar-refractivity contribution in [2.45, 2.75) is 38.7 Å². The minimum atomic E-state index is -0.247. The van der Waals surface area contributed by atoms with E-state index in [0.717, 1.165) is 24.2 Å². The summed E-state index contributed by atoms with van der Waals surface area (Å²) in [4.78, 5) is 0. The number of rotatable bonds is 5. The summed E-state index contributed by atoms with van der Waals surface area (Å²) in [6.07, 6.45) is 1.62. The van der Waals surface area contributed by atoms with E-state index in [4.69, 9.17) is 4.74 Å². The SMILES string of the molecule is CCCC(O)C(C)c1ccc(OC)cc1. The van der Waals surface area contributed by atoms with Crippen LogP contribution in [0.5, 0.6) is 5.75 Å². The van der Waals surface area contributed by atoms with Crippen LogP contribution < -0.4 is 4.74 Å². The Bertz CT molecular complexity index is 279. The lowest BCUT2D eigenvalue weighted by atomic mass is 9.93. The van der Waals surface area contributed by atoms with Gasteiger partial charge >= 0.3 is 0 Å². The van der Waals surface area contributed by atoms with Gasteiger partial charge in [0.1, 0.15) is 5.75 Å². The fourth-order valence-electron chi connectivity index (χ4n) is 1.68. The molecule has 1 rings (SSSR count). The van der Waals surface area contributed by atoms with Crippen molar-refractivity contribution < 1.29 is 9.84 Å². The van der Waals surface area contributed by atoms with Crippen LogP contribution in [0.25, 0.3) is 0 Å². The van der Waals surface area contributed by atoms with E-state index in [9.17, 15) is 5.11 Å². The van der Waals surface area contributed by atoms with Crippen molar-refractivity contribution in [1.82, 2.24) is 0 Å². The Morgan fingerprint density at radius 1 is 1.27 bits per heavy atom. The Labute approximate surface area is 91.9 Å². The van der Waals surface area contributed by atoms with Crippen LogP contribution in [0.3, 0.4) is 0 Å². The number of aliphatic hydroxyl groups excluding tert-OH is 1. The number of benzene rings is 1. The van der Waals surface area contributed by atoms with Gasteiger partial charge in [-0.2, -0.15) is 0 Å². The van der Waals surface area contributed by atoms with Gasteiger partial charge in [0.05, 0.1) is 13.2 Å². The van der Waals surface area contributed by atoms with Crippen molar-refractivity contribution in [3.05, 3.63) is 29.8 Å². The summed E-state index contributed by atoms with van der Waals surface area (Å²) in [7, 11) is 1.66. The first-order valence-corrected chi connectivity index (χ1v) is 5.51. The molecule has 2 unspecified atom stereocenters. The molecule has 0 fully saturated rings. The maximum atomic E-state index is 9.87. The maximum absolute atomic E-state index is 9.87. The third-order valence-corrected chi connectivity index (χ3v) is 2.80. The van der Waals surface area contributed by atoms with Crippen molar-refractivity contribution in [3.8, 4) is 5.75 Å². The Balaban J connectivity index is 2.69. The molecule has 0 spiro atoms. The van der Waals surface area contributed by atoms with Crippen LogP contribution in [0.1, 0.15) is 38.2 Å². The van der Waals surface area contributed by atoms with Crippen molar-refractivity contribution in [2.24, 2.45) is 0 Å². The summed E-state index contributed by atoms with van der Waals surface area (Å²) in [6.45, 7) is 4.14. The van der Waals surface area contributed by atoms with Crippen LogP contribution in [0, 0.1) is 0 Å². The lowest BCUT2D eigenvalue weighted by molar-refractivity contribution is 0.138. The van der Waals surface area contributed by atoms with Gasteiger partial charge in [0, 0.05) is 5.92 Å². The number of hydrogen-bond acceptors (Lipinski definition) is 2. The number of hydrogen-bond donors (Lipinski definition) is 1. The van der Waals surface area contributed by atoms with Gasteiger partial charge in [-0.25, -0.2) is 0 Å². The van der Waals surface area contributed by atoms with Crippen LogP contribution in [0.4, 0.5) is 0 Å². The van der Waals surface area contributed by atoms with Gasteiger partial charge in [-0.15, -0.1) is 0 Å². The summed E-state index contributed by atoms with van der Waals surface area (Å²) >= 11 is 0. The van der Waals surface area contributed by atoms with Gasteiger partial charge in [0.15, 0.2) is 0 Å². The number of ether oxygens (including phenoxy) is 1. The van der Waals surface area contributed by atoms with Crippen molar-refractivity contribution in [2.75, 3.05) is 7.11 Å². The molecule has 0 amide bonds. The summed E-state index contributed by atoms with van der Waals surface area (Å²) in [5.41, 5.74) is 1.16. The van der Waals surface area contributed by atoms with Crippen molar-refractivity contribution >= 4 is 0 Å². The number of methoxy groups -OCH3 is 1. The average Bonchev–Trinajstić information content (AvgIpc) is 2.28. The lowest BCUT2D eigenvalue weighted by Crippen LogP contribution is -2.15. The molecule has 0 aliphatic rings. The standard InChI is InChI=1S/C13H20O2/c1-4-5-13(14)10(2)11-6-8-12(15-3)9-7-11/h6-10,13-14H,4-5H2,1-3H3. The second kappa shape index (κ2) is 5.76. The Hall–Kier alpha value is -1.02. The molecule has 1 aromatic carbocycles. The van der Waals surface area contributed by atoms with E-state index < -0.39 is 0 Å². The zero-order valence-electron chi connectivity index (χ0n) is 9.73. The second-order valence-electron chi connectivity index (χ2n) is 3.92. The normalized spacial score (nSPS) is 14.7. The fourth-order valence-corrected chi connectivity index (χ4v) is 1.68. The summed E-state index contributed by atoms with van der Waals surface area (Å²) in [5.74, 6) is 1.05. The molecule has 84 valence electrons. The van der Waals surface area contributed by atoms with Crippen LogP contribution >= 0.6 is 0 Å². The highest BCUT2D eigenvalue weighted by Crippen LogP contribution is 2.23. The highest BCUT2D eigenvalue weighted by atomic mass is 16.5. The van der Waals surface area contributed by atoms with E-state index in [1.54, 1.807) is 7.11 Å². The molecule has 0 aliphatic carbocycles. The van der Waals surface area contributed by atoms with E-state index in [0.29, 0.717) is 0 Å². The van der Waals surface area contributed by atoms with Crippen LogP contribution in [-0.4, -0.2) is 18.3 Å². The highest BCUT2D eigenvalue weighted by molar-refractivity contribution is 5.29. The van der Waals surface area contributed by atoms with E-state index >= 15 is 0 Å². The van der Waals surface area contributed by atoms with Gasteiger partial charge in [-0.1, -0.05) is 32.4 Å². The quantitative estimate of drug-likeness (QED) is 0.806. The predicted octanol–water partition coefficient (Wildman–Crippen LogP) is 2.96. The molecule has 0 aliphatic heterocycles. The minimum absolute atomic E-state index is 0.191. The Morgan fingerprint density at radius 3 is 2.33 bits per heavy atom. The first kappa shape index (κ1) is 12.1. The first-order valence-electron chi connectivity index (χ1n) is 5.51. The average molecular weight is 208 g/mol. The molecule has 1 aromatic rings. The second-order valence-corrected chi connectivity index (χ2v) is 3.92. The van der Waals surface area contributed by atoms with Gasteiger partial charge in [0.25, 0.3) is 0 Å². The van der Waals surface area contributed by atoms with E-state index in [-0.39, 0.29) is 12.0 Å². The molecular formula is C13H20O2. The molecule has 1 N–H and O–H groups in total. The molecule has 0 heterocycles. The lowest BCUT2D eigenvalue weighted by Gasteiger charge is -2.18. The largest absolute Gasteiger partial charge is 0.497 e. The molecule has 0 radical (unpaired) electrons. The van der Waals surface area contributed by atoms with Crippen LogP contribution in [0.2, 0.25) is 0 Å². The third-order valence-electron chi connectivity index (χ3n) is 2.80. The Morgan fingerprint density at radius 2 is 1.87 bits per heavy atom. The van der Waals surface area contributed by atoms with Gasteiger partial charge < -0.3 is 9.84 Å². The van der Waals surface area contributed by atoms with Gasteiger partial charge in [-0.3, -0.25) is 0 Å². The van der Waals surface area contributed by atoms with E-state index in [1.807, 2.05) is 24.3 Å². The molecule has 0 bridgehead atoms. The van der Waals surface area contributed by atoms with E-state index in [2.05, 4.69) is 13.8 Å².